The molecule has 0 aliphatic carbocycles. The van der Waals surface area contributed by atoms with E-state index in [0.717, 1.165) is 5.06 Å². The fourth-order valence-electron chi connectivity index (χ4n) is 1.06. The van der Waals surface area contributed by atoms with Crippen molar-refractivity contribution in [2.75, 3.05) is 14.2 Å². The number of hydrogen-bond donors (Lipinski definition) is 2. The number of carbonyl (C=O) groups excluding carboxylic acids is 1. The highest BCUT2D eigenvalue weighted by Gasteiger charge is 2.13. The van der Waals surface area contributed by atoms with Crippen LogP contribution in [0.1, 0.15) is 10.4 Å². The molecule has 1 amide bonds. The van der Waals surface area contributed by atoms with Gasteiger partial charge in [0, 0.05) is 12.6 Å². The Labute approximate surface area is 93.1 Å². The molecule has 6 nitrogen and oxygen atoms in total. The molecule has 86 valence electrons. The van der Waals surface area contributed by atoms with Crippen molar-refractivity contribution >= 4 is 13.2 Å². The molecule has 0 spiro atoms. The Kier molecular flexibility index (Phi) is 4.30. The number of amides is 1. The fourth-order valence-corrected chi connectivity index (χ4v) is 1.06. The maximum Gasteiger partial charge on any atom is 0.707 e. The minimum absolute atomic E-state index is 0.256. The summed E-state index contributed by atoms with van der Waals surface area (Å²) in [6.45, 7) is 0. The fraction of sp³-hybridized carbons (Fsp3) is 0.222. The number of hydroxylamine groups is 2. The third-order valence-corrected chi connectivity index (χ3v) is 1.90. The zero-order valence-electron chi connectivity index (χ0n) is 8.95. The average molecular weight is 225 g/mol. The van der Waals surface area contributed by atoms with Crippen LogP contribution in [0.5, 0.6) is 5.75 Å². The minimum atomic E-state index is -1.87. The molecule has 16 heavy (non-hydrogen) atoms. The third-order valence-electron chi connectivity index (χ3n) is 1.90. The van der Waals surface area contributed by atoms with E-state index in [9.17, 15) is 4.79 Å². The second-order valence-electron chi connectivity index (χ2n) is 2.95. The zero-order valence-corrected chi connectivity index (χ0v) is 8.95. The molecule has 0 aromatic heterocycles. The van der Waals surface area contributed by atoms with Crippen LogP contribution >= 0.6 is 0 Å². The van der Waals surface area contributed by atoms with Gasteiger partial charge >= 0.3 is 7.32 Å². The van der Waals surface area contributed by atoms with Crippen LogP contribution in [-0.2, 0) is 4.84 Å². The van der Waals surface area contributed by atoms with E-state index < -0.39 is 7.32 Å². The molecule has 7 heteroatoms. The molecule has 1 aromatic rings. The van der Waals surface area contributed by atoms with E-state index in [1.165, 1.54) is 38.4 Å². The lowest BCUT2D eigenvalue weighted by molar-refractivity contribution is -0.0756. The van der Waals surface area contributed by atoms with Crippen molar-refractivity contribution < 1.29 is 24.3 Å². The van der Waals surface area contributed by atoms with Crippen LogP contribution < -0.4 is 4.65 Å². The van der Waals surface area contributed by atoms with E-state index in [1.54, 1.807) is 0 Å². The molecule has 2 N–H and O–H groups in total. The number of carbonyl (C=O) groups is 1. The first-order valence-corrected chi connectivity index (χ1v) is 4.49. The van der Waals surface area contributed by atoms with E-state index in [0.29, 0.717) is 5.56 Å². The van der Waals surface area contributed by atoms with Gasteiger partial charge in [0.25, 0.3) is 5.91 Å². The van der Waals surface area contributed by atoms with Crippen LogP contribution in [-0.4, -0.2) is 42.5 Å². The van der Waals surface area contributed by atoms with Crippen molar-refractivity contribution in [3.63, 3.8) is 0 Å². The first-order valence-electron chi connectivity index (χ1n) is 4.49. The Balaban J connectivity index is 2.74. The minimum Gasteiger partial charge on any atom is -0.512 e. The maximum atomic E-state index is 11.6. The van der Waals surface area contributed by atoms with E-state index in [-0.39, 0.29) is 11.7 Å². The highest BCUT2D eigenvalue weighted by Crippen LogP contribution is 2.13. The first kappa shape index (κ1) is 12.5. The number of nitrogens with zero attached hydrogens (tertiary/aromatic N) is 1. The lowest BCUT2D eigenvalue weighted by Gasteiger charge is -2.13. The lowest BCUT2D eigenvalue weighted by Crippen LogP contribution is -2.25. The molecule has 0 heterocycles. The summed E-state index contributed by atoms with van der Waals surface area (Å²) < 4.78 is 4.59. The Morgan fingerprint density at radius 3 is 2.31 bits per heavy atom. The number of hydrogen-bond acceptors (Lipinski definition) is 5. The smallest absolute Gasteiger partial charge is 0.512 e. The van der Waals surface area contributed by atoms with Crippen LogP contribution in [0.25, 0.3) is 0 Å². The summed E-state index contributed by atoms with van der Waals surface area (Å²) in [5, 5.41) is 18.2. The third kappa shape index (κ3) is 3.23. The van der Waals surface area contributed by atoms with Crippen molar-refractivity contribution in [3.05, 3.63) is 29.8 Å². The molecule has 0 saturated carbocycles. The highest BCUT2D eigenvalue weighted by atomic mass is 16.7. The summed E-state index contributed by atoms with van der Waals surface area (Å²) in [5.74, 6) is -0.0507. The van der Waals surface area contributed by atoms with Crippen molar-refractivity contribution in [2.45, 2.75) is 0 Å². The summed E-state index contributed by atoms with van der Waals surface area (Å²) >= 11 is 0. The number of benzene rings is 1. The first-order chi connectivity index (χ1) is 7.54. The van der Waals surface area contributed by atoms with Crippen LogP contribution in [0.2, 0.25) is 0 Å². The van der Waals surface area contributed by atoms with Gasteiger partial charge in [0.15, 0.2) is 0 Å². The van der Waals surface area contributed by atoms with Gasteiger partial charge in [-0.2, -0.15) is 0 Å². The summed E-state index contributed by atoms with van der Waals surface area (Å²) in [5.41, 5.74) is 0.407. The van der Waals surface area contributed by atoms with Gasteiger partial charge in [0.05, 0.1) is 7.11 Å². The van der Waals surface area contributed by atoms with Gasteiger partial charge in [0.1, 0.15) is 5.75 Å². The van der Waals surface area contributed by atoms with Gasteiger partial charge in [-0.15, -0.1) is 0 Å². The van der Waals surface area contributed by atoms with Crippen molar-refractivity contribution in [2.24, 2.45) is 0 Å². The van der Waals surface area contributed by atoms with E-state index in [1.807, 2.05) is 0 Å². The normalized spacial score (nSPS) is 9.75. The molecule has 1 rings (SSSR count). The molecular weight excluding hydrogens is 213 g/mol. The second kappa shape index (κ2) is 5.50. The summed E-state index contributed by atoms with van der Waals surface area (Å²) in [7, 11) is 1.00. The SMILES string of the molecule is CON(C)C(=O)c1ccc(OB(O)O)cc1. The summed E-state index contributed by atoms with van der Waals surface area (Å²) in [6.07, 6.45) is 0. The Morgan fingerprint density at radius 2 is 1.88 bits per heavy atom. The lowest BCUT2D eigenvalue weighted by atomic mass is 10.2. The average Bonchev–Trinajstić information content (AvgIpc) is 2.27. The van der Waals surface area contributed by atoms with Crippen LogP contribution in [0.4, 0.5) is 0 Å². The molecular formula is C9H12BNO5. The van der Waals surface area contributed by atoms with Crippen molar-refractivity contribution in [1.82, 2.24) is 5.06 Å². The Hall–Kier alpha value is -1.57. The molecule has 0 saturated heterocycles. The molecule has 0 unspecified atom stereocenters. The predicted octanol–water partition coefficient (Wildman–Crippen LogP) is -0.332. The predicted molar refractivity (Wildman–Crippen MR) is 56.4 cm³/mol. The monoisotopic (exact) mass is 225 g/mol. The number of rotatable bonds is 4. The Morgan fingerprint density at radius 1 is 1.31 bits per heavy atom. The Bertz CT molecular complexity index is 353. The largest absolute Gasteiger partial charge is 0.707 e. The van der Waals surface area contributed by atoms with Crippen LogP contribution in [0, 0.1) is 0 Å². The van der Waals surface area contributed by atoms with Gasteiger partial charge in [-0.3, -0.25) is 9.63 Å². The maximum absolute atomic E-state index is 11.6. The van der Waals surface area contributed by atoms with E-state index in [2.05, 4.69) is 4.65 Å². The van der Waals surface area contributed by atoms with Gasteiger partial charge in [-0.1, -0.05) is 0 Å². The van der Waals surface area contributed by atoms with E-state index >= 15 is 0 Å². The molecule has 0 radical (unpaired) electrons. The quantitative estimate of drug-likeness (QED) is 0.541. The topological polar surface area (TPSA) is 79.2 Å². The van der Waals surface area contributed by atoms with Crippen LogP contribution in [0.3, 0.4) is 0 Å². The van der Waals surface area contributed by atoms with Gasteiger partial charge < -0.3 is 14.7 Å². The molecule has 1 aromatic carbocycles. The van der Waals surface area contributed by atoms with Gasteiger partial charge in [0.2, 0.25) is 0 Å². The van der Waals surface area contributed by atoms with E-state index in [4.69, 9.17) is 14.9 Å². The standard InChI is InChI=1S/C9H12BNO5/c1-11(15-2)9(12)7-3-5-8(6-4-7)16-10(13)14/h3-6,13-14H,1-2H3. The second-order valence-corrected chi connectivity index (χ2v) is 2.95. The summed E-state index contributed by atoms with van der Waals surface area (Å²) in [4.78, 5) is 16.3. The highest BCUT2D eigenvalue weighted by molar-refractivity contribution is 6.33. The molecule has 0 aliphatic heterocycles. The molecule has 0 fully saturated rings. The van der Waals surface area contributed by atoms with Crippen LogP contribution in [0.15, 0.2) is 24.3 Å². The molecule has 0 aliphatic rings. The zero-order chi connectivity index (χ0) is 12.1. The molecule has 0 bridgehead atoms. The van der Waals surface area contributed by atoms with Crippen molar-refractivity contribution in [3.8, 4) is 5.75 Å². The summed E-state index contributed by atoms with van der Waals surface area (Å²) in [6, 6.07) is 5.90. The van der Waals surface area contributed by atoms with Crippen molar-refractivity contribution in [1.29, 1.82) is 0 Å². The van der Waals surface area contributed by atoms with Gasteiger partial charge in [-0.05, 0) is 24.3 Å². The molecule has 0 atom stereocenters. The van der Waals surface area contributed by atoms with Gasteiger partial charge in [-0.25, -0.2) is 5.06 Å².